The van der Waals surface area contributed by atoms with Crippen LogP contribution in [0, 0.1) is 5.92 Å². The van der Waals surface area contributed by atoms with Crippen molar-refractivity contribution in [2.24, 2.45) is 5.92 Å². The molecule has 1 atom stereocenters. The van der Waals surface area contributed by atoms with Gasteiger partial charge in [0.25, 0.3) is 5.91 Å². The van der Waals surface area contributed by atoms with Crippen LogP contribution in [-0.4, -0.2) is 48.2 Å². The van der Waals surface area contributed by atoms with Gasteiger partial charge < -0.3 is 19.5 Å². The Hall–Kier alpha value is -2.24. The number of hydrogen-bond donors (Lipinski definition) is 1. The van der Waals surface area contributed by atoms with Gasteiger partial charge in [-0.05, 0) is 37.6 Å². The molecule has 0 aromatic heterocycles. The Morgan fingerprint density at radius 3 is 2.38 bits per heavy atom. The van der Waals surface area contributed by atoms with E-state index in [1.807, 2.05) is 6.92 Å². The van der Waals surface area contributed by atoms with E-state index in [2.05, 4.69) is 0 Å². The molecular formula is C15H19NO5. The Morgan fingerprint density at radius 2 is 1.86 bits per heavy atom. The van der Waals surface area contributed by atoms with Crippen molar-refractivity contribution in [1.29, 1.82) is 0 Å². The van der Waals surface area contributed by atoms with Crippen molar-refractivity contribution in [3.63, 3.8) is 0 Å². The molecule has 6 heteroatoms. The Labute approximate surface area is 123 Å². The summed E-state index contributed by atoms with van der Waals surface area (Å²) in [5.41, 5.74) is 0. The second-order valence-electron chi connectivity index (χ2n) is 4.86. The van der Waals surface area contributed by atoms with Crippen LogP contribution in [0.3, 0.4) is 0 Å². The molecule has 2 rings (SSSR count). The number of hydrogen-bond acceptors (Lipinski definition) is 4. The van der Waals surface area contributed by atoms with Crippen LogP contribution in [0.2, 0.25) is 0 Å². The maximum atomic E-state index is 11.9. The average molecular weight is 293 g/mol. The topological polar surface area (TPSA) is 76.1 Å². The molecule has 0 radical (unpaired) electrons. The molecular weight excluding hydrogens is 274 g/mol. The van der Waals surface area contributed by atoms with E-state index in [-0.39, 0.29) is 19.1 Å². The van der Waals surface area contributed by atoms with Gasteiger partial charge in [0.1, 0.15) is 11.5 Å². The van der Waals surface area contributed by atoms with Gasteiger partial charge in [-0.3, -0.25) is 9.59 Å². The minimum atomic E-state index is -0.849. The highest BCUT2D eigenvalue weighted by molar-refractivity contribution is 5.80. The predicted molar refractivity (Wildman–Crippen MR) is 75.4 cm³/mol. The van der Waals surface area contributed by atoms with Crippen LogP contribution in [0.5, 0.6) is 11.5 Å². The number of rotatable bonds is 6. The third kappa shape index (κ3) is 4.11. The molecule has 1 aliphatic rings. The maximum absolute atomic E-state index is 11.9. The van der Waals surface area contributed by atoms with Crippen molar-refractivity contribution in [3.8, 4) is 11.5 Å². The summed E-state index contributed by atoms with van der Waals surface area (Å²) in [5.74, 6) is -0.161. The number of likely N-dealkylation sites (tertiary alicyclic amines) is 1. The number of carboxylic acids is 1. The van der Waals surface area contributed by atoms with Gasteiger partial charge in [0.15, 0.2) is 6.61 Å². The van der Waals surface area contributed by atoms with Gasteiger partial charge in [-0.25, -0.2) is 0 Å². The highest BCUT2D eigenvalue weighted by Crippen LogP contribution is 2.19. The van der Waals surface area contributed by atoms with Crippen LogP contribution < -0.4 is 9.47 Å². The zero-order chi connectivity index (χ0) is 15.2. The van der Waals surface area contributed by atoms with E-state index in [0.29, 0.717) is 25.3 Å². The molecule has 6 nitrogen and oxygen atoms in total. The number of carbonyl (C=O) groups excluding carboxylic acids is 1. The first-order valence-electron chi connectivity index (χ1n) is 6.96. The zero-order valence-corrected chi connectivity index (χ0v) is 11.9. The number of benzene rings is 1. The lowest BCUT2D eigenvalue weighted by atomic mass is 10.1. The first kappa shape index (κ1) is 15.2. The van der Waals surface area contributed by atoms with E-state index in [1.54, 1.807) is 24.3 Å². The van der Waals surface area contributed by atoms with E-state index in [9.17, 15) is 9.59 Å². The number of carboxylic acid groups (broad SMARTS) is 1. The van der Waals surface area contributed by atoms with Crippen LogP contribution in [0.1, 0.15) is 13.3 Å². The lowest BCUT2D eigenvalue weighted by Gasteiger charge is -2.16. The standard InChI is InChI=1S/C15H19NO5/c1-2-20-12-3-5-13(6-4-12)21-10-14(17)16-8-7-11(9-16)15(18)19/h3-6,11H,2,7-10H2,1H3,(H,18,19). The minimum Gasteiger partial charge on any atom is -0.494 e. The summed E-state index contributed by atoms with van der Waals surface area (Å²) in [6, 6.07) is 7.03. The monoisotopic (exact) mass is 293 g/mol. The van der Waals surface area contributed by atoms with E-state index >= 15 is 0 Å². The van der Waals surface area contributed by atoms with Gasteiger partial charge in [0.2, 0.25) is 0 Å². The normalized spacial score (nSPS) is 17.6. The number of aliphatic carboxylic acids is 1. The quantitative estimate of drug-likeness (QED) is 0.858. The molecule has 1 fully saturated rings. The summed E-state index contributed by atoms with van der Waals surface area (Å²) < 4.78 is 10.7. The molecule has 21 heavy (non-hydrogen) atoms. The second kappa shape index (κ2) is 6.97. The SMILES string of the molecule is CCOc1ccc(OCC(=O)N2CCC(C(=O)O)C2)cc1. The zero-order valence-electron chi connectivity index (χ0n) is 11.9. The largest absolute Gasteiger partial charge is 0.494 e. The molecule has 1 aromatic carbocycles. The number of ether oxygens (including phenoxy) is 2. The third-order valence-corrected chi connectivity index (χ3v) is 3.39. The molecule has 1 N–H and O–H groups in total. The fourth-order valence-electron chi connectivity index (χ4n) is 2.22. The van der Waals surface area contributed by atoms with Crippen molar-refractivity contribution in [2.75, 3.05) is 26.3 Å². The molecule has 0 bridgehead atoms. The van der Waals surface area contributed by atoms with Gasteiger partial charge in [-0.1, -0.05) is 0 Å². The smallest absolute Gasteiger partial charge is 0.308 e. The van der Waals surface area contributed by atoms with Crippen molar-refractivity contribution >= 4 is 11.9 Å². The van der Waals surface area contributed by atoms with Crippen molar-refractivity contribution in [3.05, 3.63) is 24.3 Å². The molecule has 0 aliphatic carbocycles. The highest BCUT2D eigenvalue weighted by atomic mass is 16.5. The molecule has 1 aromatic rings. The Morgan fingerprint density at radius 1 is 1.24 bits per heavy atom. The summed E-state index contributed by atoms with van der Waals surface area (Å²) in [6.45, 7) is 3.16. The summed E-state index contributed by atoms with van der Waals surface area (Å²) >= 11 is 0. The van der Waals surface area contributed by atoms with Crippen molar-refractivity contribution in [2.45, 2.75) is 13.3 Å². The summed E-state index contributed by atoms with van der Waals surface area (Å²) in [5, 5.41) is 8.91. The van der Waals surface area contributed by atoms with Crippen LogP contribution >= 0.6 is 0 Å². The fraction of sp³-hybridized carbons (Fsp3) is 0.467. The van der Waals surface area contributed by atoms with Crippen LogP contribution in [0.25, 0.3) is 0 Å². The Kier molecular flexibility index (Phi) is 5.03. The van der Waals surface area contributed by atoms with Gasteiger partial charge in [0, 0.05) is 13.1 Å². The van der Waals surface area contributed by atoms with Crippen LogP contribution in [-0.2, 0) is 9.59 Å². The average Bonchev–Trinajstić information content (AvgIpc) is 2.97. The fourth-order valence-corrected chi connectivity index (χ4v) is 2.22. The summed E-state index contributed by atoms with van der Waals surface area (Å²) in [6.07, 6.45) is 0.504. The molecule has 0 spiro atoms. The minimum absolute atomic E-state index is 0.0830. The molecule has 1 unspecified atom stereocenters. The molecule has 1 heterocycles. The number of carbonyl (C=O) groups is 2. The molecule has 114 valence electrons. The van der Waals surface area contributed by atoms with E-state index in [1.165, 1.54) is 4.90 Å². The Bertz CT molecular complexity index is 499. The van der Waals surface area contributed by atoms with Gasteiger partial charge in [0.05, 0.1) is 12.5 Å². The van der Waals surface area contributed by atoms with E-state index in [4.69, 9.17) is 14.6 Å². The first-order valence-corrected chi connectivity index (χ1v) is 6.96. The molecule has 0 saturated carbocycles. The van der Waals surface area contributed by atoms with Gasteiger partial charge in [-0.15, -0.1) is 0 Å². The molecule has 1 aliphatic heterocycles. The van der Waals surface area contributed by atoms with Crippen molar-refractivity contribution in [1.82, 2.24) is 4.90 Å². The maximum Gasteiger partial charge on any atom is 0.308 e. The van der Waals surface area contributed by atoms with Crippen LogP contribution in [0.15, 0.2) is 24.3 Å². The number of amides is 1. The van der Waals surface area contributed by atoms with E-state index < -0.39 is 11.9 Å². The lowest BCUT2D eigenvalue weighted by molar-refractivity contribution is -0.141. The molecule has 1 saturated heterocycles. The first-order chi connectivity index (χ1) is 10.1. The highest BCUT2D eigenvalue weighted by Gasteiger charge is 2.30. The second-order valence-corrected chi connectivity index (χ2v) is 4.86. The van der Waals surface area contributed by atoms with Crippen molar-refractivity contribution < 1.29 is 24.2 Å². The van der Waals surface area contributed by atoms with Gasteiger partial charge in [-0.2, -0.15) is 0 Å². The third-order valence-electron chi connectivity index (χ3n) is 3.39. The predicted octanol–water partition coefficient (Wildman–Crippen LogP) is 1.40. The Balaban J connectivity index is 1.80. The lowest BCUT2D eigenvalue weighted by Crippen LogP contribution is -2.33. The van der Waals surface area contributed by atoms with Gasteiger partial charge >= 0.3 is 5.97 Å². The van der Waals surface area contributed by atoms with Crippen LogP contribution in [0.4, 0.5) is 0 Å². The summed E-state index contributed by atoms with van der Waals surface area (Å²) in [7, 11) is 0. The van der Waals surface area contributed by atoms with E-state index in [0.717, 1.165) is 5.75 Å². The summed E-state index contributed by atoms with van der Waals surface area (Å²) in [4.78, 5) is 24.3. The molecule has 1 amide bonds. The number of nitrogens with zero attached hydrogens (tertiary/aromatic N) is 1.